The van der Waals surface area contributed by atoms with Crippen molar-refractivity contribution in [3.63, 3.8) is 0 Å². The van der Waals surface area contributed by atoms with Crippen LogP contribution < -0.4 is 10.6 Å². The molecule has 0 radical (unpaired) electrons. The number of para-hydroxylation sites is 1. The lowest BCUT2D eigenvalue weighted by Crippen LogP contribution is -2.58. The SMILES string of the molecule is Cc1cccc(C)c1NC(=O)C(c1ccc(O)cc1)N(C(=O)C(Cc1ccccc1)NC(=O)OC(C)(C)C)C(C)(C)C. The molecule has 224 valence electrons. The molecule has 2 unspecified atom stereocenters. The molecule has 3 amide bonds. The predicted octanol–water partition coefficient (Wildman–Crippen LogP) is 6.45. The van der Waals surface area contributed by atoms with Gasteiger partial charge in [0.05, 0.1) is 0 Å². The highest BCUT2D eigenvalue weighted by atomic mass is 16.6. The Morgan fingerprint density at radius 1 is 0.833 bits per heavy atom. The first kappa shape index (κ1) is 32.2. The molecule has 0 aliphatic rings. The number of aromatic hydroxyl groups is 1. The Hall–Kier alpha value is -4.33. The van der Waals surface area contributed by atoms with Crippen LogP contribution in [-0.4, -0.2) is 45.1 Å². The fourth-order valence-electron chi connectivity index (χ4n) is 4.79. The van der Waals surface area contributed by atoms with Crippen molar-refractivity contribution in [1.82, 2.24) is 10.2 Å². The standard InChI is InChI=1S/C34H43N3O5/c1-22-13-12-14-23(2)28(22)36-30(39)29(25-17-19-26(38)20-18-25)37(33(3,4)5)31(40)27(21-24-15-10-9-11-16-24)35-32(41)42-34(6,7)8/h9-20,27,29,38H,21H2,1-8H3,(H,35,41)(H,36,39). The van der Waals surface area contributed by atoms with Crippen LogP contribution in [0.3, 0.4) is 0 Å². The lowest BCUT2D eigenvalue weighted by atomic mass is 9.94. The van der Waals surface area contributed by atoms with Crippen molar-refractivity contribution >= 4 is 23.6 Å². The molecule has 42 heavy (non-hydrogen) atoms. The van der Waals surface area contributed by atoms with Crippen molar-refractivity contribution in [3.8, 4) is 5.75 Å². The summed E-state index contributed by atoms with van der Waals surface area (Å²) in [5.41, 5.74) is 2.15. The number of anilines is 1. The Labute approximate surface area is 249 Å². The molecule has 3 N–H and O–H groups in total. The number of nitrogens with one attached hydrogen (secondary N) is 2. The van der Waals surface area contributed by atoms with Gasteiger partial charge in [-0.2, -0.15) is 0 Å². The van der Waals surface area contributed by atoms with Crippen molar-refractivity contribution in [1.29, 1.82) is 0 Å². The number of phenols is 1. The van der Waals surface area contributed by atoms with E-state index in [1.54, 1.807) is 32.9 Å². The predicted molar refractivity (Wildman–Crippen MR) is 165 cm³/mol. The number of phenolic OH excluding ortho intramolecular Hbond substituents is 1. The van der Waals surface area contributed by atoms with Crippen molar-refractivity contribution in [2.45, 2.75) is 85.0 Å². The van der Waals surface area contributed by atoms with Gasteiger partial charge in [-0.1, -0.05) is 60.7 Å². The number of hydrogen-bond donors (Lipinski definition) is 3. The van der Waals surface area contributed by atoms with Crippen LogP contribution in [0.2, 0.25) is 0 Å². The minimum absolute atomic E-state index is 0.0369. The van der Waals surface area contributed by atoms with E-state index in [2.05, 4.69) is 10.6 Å². The third-order valence-electron chi connectivity index (χ3n) is 6.68. The average molecular weight is 574 g/mol. The molecule has 0 bridgehead atoms. The molecule has 0 aliphatic carbocycles. The van der Waals surface area contributed by atoms with Gasteiger partial charge in [-0.15, -0.1) is 0 Å². The molecule has 3 aromatic rings. The summed E-state index contributed by atoms with van der Waals surface area (Å²) in [7, 11) is 0. The second-order valence-electron chi connectivity index (χ2n) is 12.5. The highest BCUT2D eigenvalue weighted by Gasteiger charge is 2.42. The van der Waals surface area contributed by atoms with E-state index in [0.717, 1.165) is 16.7 Å². The number of amides is 3. The van der Waals surface area contributed by atoms with Crippen LogP contribution in [-0.2, 0) is 20.7 Å². The molecule has 8 heteroatoms. The van der Waals surface area contributed by atoms with E-state index in [4.69, 9.17) is 4.74 Å². The number of alkyl carbamates (subject to hydrolysis) is 1. The summed E-state index contributed by atoms with van der Waals surface area (Å²) >= 11 is 0. The Kier molecular flexibility index (Phi) is 10.0. The quantitative estimate of drug-likeness (QED) is 0.287. The summed E-state index contributed by atoms with van der Waals surface area (Å²) in [6.07, 6.45) is -0.543. The zero-order valence-electron chi connectivity index (χ0n) is 25.8. The fourth-order valence-corrected chi connectivity index (χ4v) is 4.79. The number of carbonyl (C=O) groups excluding carboxylic acids is 3. The summed E-state index contributed by atoms with van der Waals surface area (Å²) < 4.78 is 5.50. The normalized spacial score (nSPS) is 13.0. The molecule has 3 rings (SSSR count). The molecule has 3 aromatic carbocycles. The highest BCUT2D eigenvalue weighted by Crippen LogP contribution is 2.33. The maximum atomic E-state index is 14.6. The largest absolute Gasteiger partial charge is 0.508 e. The molecule has 0 spiro atoms. The Morgan fingerprint density at radius 3 is 1.93 bits per heavy atom. The third-order valence-corrected chi connectivity index (χ3v) is 6.68. The molecule has 0 heterocycles. The van der Waals surface area contributed by atoms with E-state index in [0.29, 0.717) is 11.3 Å². The van der Waals surface area contributed by atoms with Crippen molar-refractivity contribution in [2.75, 3.05) is 5.32 Å². The molecule has 0 aromatic heterocycles. The van der Waals surface area contributed by atoms with Crippen molar-refractivity contribution in [3.05, 3.63) is 95.1 Å². The third kappa shape index (κ3) is 8.59. The summed E-state index contributed by atoms with van der Waals surface area (Å²) in [6.45, 7) is 14.6. The number of carbonyl (C=O) groups is 3. The van der Waals surface area contributed by atoms with Crippen LogP contribution in [0.4, 0.5) is 10.5 Å². The number of nitrogens with zero attached hydrogens (tertiary/aromatic N) is 1. The van der Waals surface area contributed by atoms with Gasteiger partial charge in [0.25, 0.3) is 5.91 Å². The summed E-state index contributed by atoms with van der Waals surface area (Å²) in [6, 6.07) is 19.2. The highest BCUT2D eigenvalue weighted by molar-refractivity contribution is 6.00. The number of benzene rings is 3. The molecular formula is C34H43N3O5. The van der Waals surface area contributed by atoms with Gasteiger partial charge in [-0.3, -0.25) is 9.59 Å². The monoisotopic (exact) mass is 573 g/mol. The molecule has 0 aliphatic heterocycles. The molecule has 0 saturated carbocycles. The number of rotatable bonds is 8. The molecule has 8 nitrogen and oxygen atoms in total. The minimum atomic E-state index is -1.09. The molecule has 0 fully saturated rings. The van der Waals surface area contributed by atoms with Crippen molar-refractivity contribution < 1.29 is 24.2 Å². The maximum Gasteiger partial charge on any atom is 0.408 e. The minimum Gasteiger partial charge on any atom is -0.508 e. The van der Waals surface area contributed by atoms with Gasteiger partial charge < -0.3 is 25.4 Å². The van der Waals surface area contributed by atoms with Gasteiger partial charge in [0.15, 0.2) is 0 Å². The second-order valence-corrected chi connectivity index (χ2v) is 12.5. The van der Waals surface area contributed by atoms with Gasteiger partial charge in [-0.25, -0.2) is 4.79 Å². The lowest BCUT2D eigenvalue weighted by molar-refractivity contribution is -0.146. The molecule has 2 atom stereocenters. The van der Waals surface area contributed by atoms with Crippen LogP contribution in [0.5, 0.6) is 5.75 Å². The Balaban J connectivity index is 2.12. The van der Waals surface area contributed by atoms with Crippen molar-refractivity contribution in [2.24, 2.45) is 0 Å². The smallest absolute Gasteiger partial charge is 0.408 e. The van der Waals surface area contributed by atoms with Crippen LogP contribution >= 0.6 is 0 Å². The lowest BCUT2D eigenvalue weighted by Gasteiger charge is -2.43. The fraction of sp³-hybridized carbons (Fsp3) is 0.382. The first-order chi connectivity index (χ1) is 19.6. The zero-order valence-corrected chi connectivity index (χ0v) is 25.8. The van der Waals surface area contributed by atoms with Crippen LogP contribution in [0.15, 0.2) is 72.8 Å². The summed E-state index contributed by atoms with van der Waals surface area (Å²) in [5.74, 6) is -0.834. The van der Waals surface area contributed by atoms with Crippen LogP contribution in [0.25, 0.3) is 0 Å². The molecular weight excluding hydrogens is 530 g/mol. The number of ether oxygens (including phenoxy) is 1. The summed E-state index contributed by atoms with van der Waals surface area (Å²) in [5, 5.41) is 15.8. The maximum absolute atomic E-state index is 14.6. The topological polar surface area (TPSA) is 108 Å². The number of aryl methyl sites for hydroxylation is 2. The van der Waals surface area contributed by atoms with Crippen LogP contribution in [0, 0.1) is 13.8 Å². The van der Waals surface area contributed by atoms with E-state index in [9.17, 15) is 19.5 Å². The Bertz CT molecular complexity index is 1370. The molecule has 0 saturated heterocycles. The van der Waals surface area contributed by atoms with Crippen LogP contribution in [0.1, 0.15) is 69.8 Å². The van der Waals surface area contributed by atoms with Gasteiger partial charge >= 0.3 is 6.09 Å². The van der Waals surface area contributed by atoms with E-state index >= 15 is 0 Å². The first-order valence-corrected chi connectivity index (χ1v) is 14.1. The zero-order chi connectivity index (χ0) is 31.2. The van der Waals surface area contributed by atoms with Gasteiger partial charge in [-0.05, 0) is 89.8 Å². The second kappa shape index (κ2) is 13.1. The first-order valence-electron chi connectivity index (χ1n) is 14.1. The van der Waals surface area contributed by atoms with E-state index < -0.39 is 41.1 Å². The van der Waals surface area contributed by atoms with Gasteiger partial charge in [0.1, 0.15) is 23.4 Å². The van der Waals surface area contributed by atoms with E-state index in [-0.39, 0.29) is 12.2 Å². The average Bonchev–Trinajstić information content (AvgIpc) is 2.88. The van der Waals surface area contributed by atoms with Gasteiger partial charge in [0.2, 0.25) is 5.91 Å². The van der Waals surface area contributed by atoms with E-state index in [1.165, 1.54) is 17.0 Å². The van der Waals surface area contributed by atoms with Gasteiger partial charge in [0, 0.05) is 17.6 Å². The number of hydrogen-bond acceptors (Lipinski definition) is 5. The van der Waals surface area contributed by atoms with E-state index in [1.807, 2.05) is 83.1 Å². The Morgan fingerprint density at radius 2 is 1.40 bits per heavy atom. The summed E-state index contributed by atoms with van der Waals surface area (Å²) in [4.78, 5) is 43.3.